The van der Waals surface area contributed by atoms with Crippen molar-refractivity contribution in [1.82, 2.24) is 0 Å². The molecule has 0 aliphatic heterocycles. The van der Waals surface area contributed by atoms with E-state index in [1.807, 2.05) is 22.9 Å². The number of para-hydroxylation sites is 2. The Bertz CT molecular complexity index is 1100. The zero-order chi connectivity index (χ0) is 18.5. The van der Waals surface area contributed by atoms with Crippen molar-refractivity contribution in [2.75, 3.05) is 3.11 Å². The molecule has 7 heteroatoms. The summed E-state index contributed by atoms with van der Waals surface area (Å²) in [5, 5.41) is 0.993. The lowest BCUT2D eigenvalue weighted by Crippen LogP contribution is -2.04. The van der Waals surface area contributed by atoms with Crippen molar-refractivity contribution in [3.05, 3.63) is 72.0 Å². The van der Waals surface area contributed by atoms with Crippen LogP contribution >= 0.6 is 22.9 Å². The van der Waals surface area contributed by atoms with Crippen LogP contribution in [0.2, 0.25) is 0 Å². The summed E-state index contributed by atoms with van der Waals surface area (Å²) in [6.07, 6.45) is -4.51. The van der Waals surface area contributed by atoms with E-state index in [2.05, 4.69) is 0 Å². The molecule has 0 aliphatic carbocycles. The summed E-state index contributed by atoms with van der Waals surface area (Å²) in [6.45, 7) is 0. The van der Waals surface area contributed by atoms with Crippen LogP contribution in [0.5, 0.6) is 0 Å². The van der Waals surface area contributed by atoms with Gasteiger partial charge >= 0.3 is 6.18 Å². The topological polar surface area (TPSA) is 16.4 Å². The Morgan fingerprint density at radius 2 is 1.42 bits per heavy atom. The Morgan fingerprint density at radius 1 is 0.808 bits per heavy atom. The highest BCUT2D eigenvalue weighted by molar-refractivity contribution is 14.1. The normalized spacial score (nSPS) is 12.0. The number of fused-ring (bicyclic) bond motifs is 3. The number of hydrogen-bond donors (Lipinski definition) is 0. The van der Waals surface area contributed by atoms with Crippen LogP contribution in [0.4, 0.5) is 28.9 Å². The number of nitrogens with zero attached hydrogens (tertiary/aromatic N) is 1. The lowest BCUT2D eigenvalue weighted by Gasteiger charge is -2.16. The fraction of sp³-hybridized carbons (Fsp3) is 0.0526. The van der Waals surface area contributed by atoms with Gasteiger partial charge in [-0.15, -0.1) is 0 Å². The van der Waals surface area contributed by atoms with E-state index in [9.17, 15) is 17.6 Å². The monoisotopic (exact) mass is 471 g/mol. The largest absolute Gasteiger partial charge is 0.453 e. The van der Waals surface area contributed by atoms with Gasteiger partial charge in [-0.1, -0.05) is 24.3 Å². The van der Waals surface area contributed by atoms with Crippen molar-refractivity contribution in [3.63, 3.8) is 0 Å². The second-order valence-corrected chi connectivity index (χ2v) is 6.66. The summed E-state index contributed by atoms with van der Waals surface area (Å²) >= 11 is 2.01. The van der Waals surface area contributed by atoms with Gasteiger partial charge in [-0.3, -0.25) is 3.11 Å². The van der Waals surface area contributed by atoms with E-state index in [1.54, 1.807) is 39.5 Å². The lowest BCUT2D eigenvalue weighted by atomic mass is 10.1. The average Bonchev–Trinajstić information content (AvgIpc) is 2.99. The van der Waals surface area contributed by atoms with Crippen molar-refractivity contribution in [1.29, 1.82) is 0 Å². The first-order chi connectivity index (χ1) is 12.4. The van der Waals surface area contributed by atoms with E-state index in [4.69, 9.17) is 4.42 Å². The van der Waals surface area contributed by atoms with Gasteiger partial charge in [0.15, 0.2) is 5.58 Å². The molecule has 1 aromatic heterocycles. The van der Waals surface area contributed by atoms with Gasteiger partial charge in [0.25, 0.3) is 0 Å². The van der Waals surface area contributed by atoms with Crippen LogP contribution in [0.3, 0.4) is 0 Å². The van der Waals surface area contributed by atoms with Crippen molar-refractivity contribution in [2.45, 2.75) is 6.18 Å². The van der Waals surface area contributed by atoms with Crippen LogP contribution in [0, 0.1) is 5.82 Å². The molecular weight excluding hydrogens is 461 g/mol. The van der Waals surface area contributed by atoms with Crippen LogP contribution in [-0.2, 0) is 6.18 Å². The van der Waals surface area contributed by atoms with Crippen LogP contribution in [0.25, 0.3) is 21.9 Å². The molecule has 0 spiro atoms. The van der Waals surface area contributed by atoms with Gasteiger partial charge in [0, 0.05) is 10.8 Å². The Labute approximate surface area is 159 Å². The molecule has 0 bridgehead atoms. The van der Waals surface area contributed by atoms with E-state index < -0.39 is 11.7 Å². The Morgan fingerprint density at radius 3 is 2.08 bits per heavy atom. The number of hydrogen-bond acceptors (Lipinski definition) is 2. The maximum atomic E-state index is 13.3. The second-order valence-electron chi connectivity index (χ2n) is 5.69. The third-order valence-corrected chi connectivity index (χ3v) is 5.15. The third kappa shape index (κ3) is 2.80. The smallest absolute Gasteiger partial charge is 0.420 e. The molecule has 1 heterocycles. The predicted molar refractivity (Wildman–Crippen MR) is 101 cm³/mol. The highest BCUT2D eigenvalue weighted by atomic mass is 127. The highest BCUT2D eigenvalue weighted by Gasteiger charge is 2.34. The van der Waals surface area contributed by atoms with Gasteiger partial charge in [-0.25, -0.2) is 4.39 Å². The number of rotatable bonds is 2. The maximum Gasteiger partial charge on any atom is 0.420 e. The average molecular weight is 471 g/mol. The summed E-state index contributed by atoms with van der Waals surface area (Å²) in [5.74, 6) is -0.365. The quantitative estimate of drug-likeness (QED) is 0.174. The zero-order valence-electron chi connectivity index (χ0n) is 13.0. The van der Waals surface area contributed by atoms with Crippen molar-refractivity contribution < 1.29 is 22.0 Å². The molecule has 0 aliphatic rings. The van der Waals surface area contributed by atoms with Gasteiger partial charge in [0.2, 0.25) is 0 Å². The molecular formula is C19H10F4INO. The van der Waals surface area contributed by atoms with Crippen LogP contribution in [0.15, 0.2) is 65.1 Å². The lowest BCUT2D eigenvalue weighted by molar-refractivity contribution is -0.136. The van der Waals surface area contributed by atoms with Crippen molar-refractivity contribution >= 4 is 56.2 Å². The van der Waals surface area contributed by atoms with Crippen molar-refractivity contribution in [3.8, 4) is 0 Å². The molecule has 0 saturated heterocycles. The number of anilines is 2. The molecule has 4 aromatic rings. The standard InChI is InChI=1S/C19H10F4INO/c20-11-7-9-12(10-8-11)25(24)16-6-2-4-14-13-3-1-5-15(19(21,22)23)17(13)26-18(14)16/h1-10H. The fourth-order valence-corrected chi connectivity index (χ4v) is 3.60. The minimum Gasteiger partial charge on any atom is -0.453 e. The van der Waals surface area contributed by atoms with Gasteiger partial charge < -0.3 is 4.42 Å². The molecule has 132 valence electrons. The van der Waals surface area contributed by atoms with Crippen molar-refractivity contribution in [2.24, 2.45) is 0 Å². The summed E-state index contributed by atoms with van der Waals surface area (Å²) in [6, 6.07) is 15.0. The molecule has 0 N–H and O–H groups in total. The van der Waals surface area contributed by atoms with E-state index in [0.717, 1.165) is 6.07 Å². The Balaban J connectivity index is 1.96. The van der Waals surface area contributed by atoms with Crippen LogP contribution in [-0.4, -0.2) is 0 Å². The van der Waals surface area contributed by atoms with Gasteiger partial charge in [-0.05, 0) is 36.4 Å². The fourth-order valence-electron chi connectivity index (χ4n) is 2.89. The highest BCUT2D eigenvalue weighted by Crippen LogP contribution is 2.43. The van der Waals surface area contributed by atoms with E-state index in [1.165, 1.54) is 18.2 Å². The summed E-state index contributed by atoms with van der Waals surface area (Å²) < 4.78 is 60.4. The first kappa shape index (κ1) is 17.1. The minimum absolute atomic E-state index is 0.189. The SMILES string of the molecule is Fc1ccc(N(I)c2cccc3c2oc2c(C(F)(F)F)cccc23)cc1. The van der Waals surface area contributed by atoms with Crippen LogP contribution in [0.1, 0.15) is 5.56 Å². The molecule has 26 heavy (non-hydrogen) atoms. The minimum atomic E-state index is -4.51. The molecule has 2 nitrogen and oxygen atoms in total. The zero-order valence-corrected chi connectivity index (χ0v) is 15.2. The summed E-state index contributed by atoms with van der Waals surface area (Å²) in [7, 11) is 0. The Hall–Kier alpha value is -2.29. The summed E-state index contributed by atoms with van der Waals surface area (Å²) in [4.78, 5) is 0. The van der Waals surface area contributed by atoms with E-state index in [-0.39, 0.29) is 11.4 Å². The second kappa shape index (κ2) is 6.15. The molecule has 4 rings (SSSR count). The van der Waals surface area contributed by atoms with Gasteiger partial charge in [0.05, 0.1) is 39.8 Å². The first-order valence-electron chi connectivity index (χ1n) is 7.59. The number of benzene rings is 3. The molecule has 0 unspecified atom stereocenters. The molecule has 3 aromatic carbocycles. The third-order valence-electron chi connectivity index (χ3n) is 4.07. The molecule has 0 fully saturated rings. The number of halogens is 5. The molecule has 0 amide bonds. The Kier molecular flexibility index (Phi) is 4.06. The van der Waals surface area contributed by atoms with E-state index in [0.29, 0.717) is 27.7 Å². The molecule has 0 radical (unpaired) electrons. The number of alkyl halides is 3. The first-order valence-corrected chi connectivity index (χ1v) is 8.55. The van der Waals surface area contributed by atoms with Gasteiger partial charge in [0.1, 0.15) is 11.4 Å². The molecule has 0 atom stereocenters. The summed E-state index contributed by atoms with van der Waals surface area (Å²) in [5.41, 5.74) is 0.609. The van der Waals surface area contributed by atoms with E-state index >= 15 is 0 Å². The van der Waals surface area contributed by atoms with Gasteiger partial charge in [-0.2, -0.15) is 13.2 Å². The molecule has 0 saturated carbocycles. The number of furan rings is 1. The maximum absolute atomic E-state index is 13.3. The predicted octanol–water partition coefficient (Wildman–Crippen LogP) is 7.23. The van der Waals surface area contributed by atoms with Crippen LogP contribution < -0.4 is 3.11 Å².